The van der Waals surface area contributed by atoms with Crippen LogP contribution in [0.1, 0.15) is 54.4 Å². The Morgan fingerprint density at radius 2 is 1.57 bits per heavy atom. The molecule has 0 heterocycles. The number of hydrogen-bond acceptors (Lipinski definition) is 5. The first kappa shape index (κ1) is 26.5. The Morgan fingerprint density at radius 3 is 1.93 bits per heavy atom. The summed E-state index contributed by atoms with van der Waals surface area (Å²) in [6.07, 6.45) is 0.709. The van der Waals surface area contributed by atoms with Gasteiger partial charge < -0.3 is 15.0 Å². The maximum Gasteiger partial charge on any atom is 0.245 e. The van der Waals surface area contributed by atoms with E-state index in [1.165, 1.54) is 6.92 Å². The number of Topliss-reactive ketones (excluding diaryl/α,β-unsaturated/α-hetero) is 1. The van der Waals surface area contributed by atoms with Crippen LogP contribution in [0.2, 0.25) is 0 Å². The summed E-state index contributed by atoms with van der Waals surface area (Å²) in [5.74, 6) is -0.251. The van der Waals surface area contributed by atoms with Gasteiger partial charge in [0.1, 0.15) is 11.8 Å². The SMILES string of the molecule is CC[C@H](C)[C@@H]([C@@H](CC(C)=O)OC)N(C)C(=O)[C@@H](NC(=O)[C@H](C)N(C)C)C(C)C. The van der Waals surface area contributed by atoms with Crippen molar-refractivity contribution in [1.82, 2.24) is 15.1 Å². The zero-order chi connectivity index (χ0) is 22.2. The molecule has 7 nitrogen and oxygen atoms in total. The number of carbonyl (C=O) groups excluding carboxylic acids is 3. The molecular formula is C21H41N3O4. The molecule has 0 aliphatic rings. The van der Waals surface area contributed by atoms with Crippen LogP contribution in [0.15, 0.2) is 0 Å². The van der Waals surface area contributed by atoms with E-state index in [0.717, 1.165) is 6.42 Å². The van der Waals surface area contributed by atoms with Gasteiger partial charge in [0, 0.05) is 20.6 Å². The molecule has 0 radical (unpaired) electrons. The lowest BCUT2D eigenvalue weighted by molar-refractivity contribution is -0.144. The lowest BCUT2D eigenvalue weighted by Crippen LogP contribution is -2.58. The van der Waals surface area contributed by atoms with Gasteiger partial charge in [0.15, 0.2) is 0 Å². The fourth-order valence-corrected chi connectivity index (χ4v) is 3.25. The van der Waals surface area contributed by atoms with Gasteiger partial charge in [0.25, 0.3) is 0 Å². The van der Waals surface area contributed by atoms with Crippen molar-refractivity contribution in [3.05, 3.63) is 0 Å². The highest BCUT2D eigenvalue weighted by molar-refractivity contribution is 5.90. The number of likely N-dealkylation sites (N-methyl/N-ethyl adjacent to an activating group) is 2. The third-order valence-electron chi connectivity index (χ3n) is 5.58. The Balaban J connectivity index is 5.67. The number of carbonyl (C=O) groups is 3. The molecule has 2 amide bonds. The fourth-order valence-electron chi connectivity index (χ4n) is 3.25. The number of nitrogens with zero attached hydrogens (tertiary/aromatic N) is 2. The van der Waals surface area contributed by atoms with Crippen LogP contribution in [0.3, 0.4) is 0 Å². The maximum absolute atomic E-state index is 13.3. The first-order valence-corrected chi connectivity index (χ1v) is 10.1. The largest absolute Gasteiger partial charge is 0.379 e. The van der Waals surface area contributed by atoms with Gasteiger partial charge in [-0.2, -0.15) is 0 Å². The van der Waals surface area contributed by atoms with E-state index in [9.17, 15) is 14.4 Å². The molecule has 164 valence electrons. The molecule has 0 unspecified atom stereocenters. The average molecular weight is 400 g/mol. The monoisotopic (exact) mass is 399 g/mol. The number of hydrogen-bond donors (Lipinski definition) is 1. The van der Waals surface area contributed by atoms with Crippen LogP contribution in [0.5, 0.6) is 0 Å². The number of ether oxygens (including phenoxy) is 1. The first-order chi connectivity index (χ1) is 12.9. The zero-order valence-corrected chi connectivity index (χ0v) is 19.4. The molecule has 5 atom stereocenters. The van der Waals surface area contributed by atoms with Gasteiger partial charge in [-0.15, -0.1) is 0 Å². The van der Waals surface area contributed by atoms with Crippen molar-refractivity contribution in [2.75, 3.05) is 28.3 Å². The number of ketones is 1. The summed E-state index contributed by atoms with van der Waals surface area (Å²) in [5, 5.41) is 2.91. The normalized spacial score (nSPS) is 17.0. The summed E-state index contributed by atoms with van der Waals surface area (Å²) < 4.78 is 5.60. The van der Waals surface area contributed by atoms with E-state index in [4.69, 9.17) is 4.74 Å². The minimum Gasteiger partial charge on any atom is -0.379 e. The van der Waals surface area contributed by atoms with Gasteiger partial charge in [-0.3, -0.25) is 19.3 Å². The summed E-state index contributed by atoms with van der Waals surface area (Å²) >= 11 is 0. The highest BCUT2D eigenvalue weighted by Gasteiger charge is 2.37. The average Bonchev–Trinajstić information content (AvgIpc) is 2.62. The molecule has 0 aliphatic carbocycles. The van der Waals surface area contributed by atoms with E-state index in [-0.39, 0.29) is 54.0 Å². The molecule has 0 aromatic heterocycles. The second-order valence-corrected chi connectivity index (χ2v) is 8.38. The van der Waals surface area contributed by atoms with Crippen molar-refractivity contribution in [2.45, 2.75) is 78.6 Å². The smallest absolute Gasteiger partial charge is 0.245 e. The molecule has 0 saturated carbocycles. The number of rotatable bonds is 12. The van der Waals surface area contributed by atoms with Gasteiger partial charge in [-0.1, -0.05) is 34.1 Å². The number of amides is 2. The molecule has 0 spiro atoms. The number of nitrogens with one attached hydrogen (secondary N) is 1. The summed E-state index contributed by atoms with van der Waals surface area (Å²) in [7, 11) is 6.96. The predicted octanol–water partition coefficient (Wildman–Crippen LogP) is 1.94. The summed E-state index contributed by atoms with van der Waals surface area (Å²) in [4.78, 5) is 41.0. The molecule has 0 bridgehead atoms. The Bertz CT molecular complexity index is 522. The lowest BCUT2D eigenvalue weighted by atomic mass is 9.89. The van der Waals surface area contributed by atoms with Crippen LogP contribution in [0.4, 0.5) is 0 Å². The van der Waals surface area contributed by atoms with Gasteiger partial charge in [0.05, 0.1) is 18.2 Å². The van der Waals surface area contributed by atoms with Crippen LogP contribution >= 0.6 is 0 Å². The van der Waals surface area contributed by atoms with Crippen molar-refractivity contribution in [2.24, 2.45) is 11.8 Å². The van der Waals surface area contributed by atoms with E-state index in [2.05, 4.69) is 19.2 Å². The van der Waals surface area contributed by atoms with Crippen molar-refractivity contribution in [3.63, 3.8) is 0 Å². The van der Waals surface area contributed by atoms with Crippen molar-refractivity contribution >= 4 is 17.6 Å². The molecule has 0 fully saturated rings. The molecule has 28 heavy (non-hydrogen) atoms. The summed E-state index contributed by atoms with van der Waals surface area (Å²) in [6, 6.07) is -1.23. The molecular weight excluding hydrogens is 358 g/mol. The highest BCUT2D eigenvalue weighted by Crippen LogP contribution is 2.23. The van der Waals surface area contributed by atoms with E-state index in [1.807, 2.05) is 27.9 Å². The van der Waals surface area contributed by atoms with Crippen LogP contribution in [-0.2, 0) is 19.1 Å². The Morgan fingerprint density at radius 1 is 1.04 bits per heavy atom. The van der Waals surface area contributed by atoms with Crippen LogP contribution in [0, 0.1) is 11.8 Å². The van der Waals surface area contributed by atoms with Crippen LogP contribution < -0.4 is 5.32 Å². The molecule has 7 heteroatoms. The third kappa shape index (κ3) is 7.51. The summed E-state index contributed by atoms with van der Waals surface area (Å²) in [6.45, 7) is 11.3. The fraction of sp³-hybridized carbons (Fsp3) is 0.857. The standard InChI is InChI=1S/C21H41N3O4/c1-11-14(4)19(17(28-10)12-15(5)25)24(9)21(27)18(13(2)3)22-20(26)16(6)23(7)8/h13-14,16-19H,11-12H2,1-10H3,(H,22,26)/t14-,16-,17+,18-,19-/m0/s1. The van der Waals surface area contributed by atoms with Crippen LogP contribution in [-0.4, -0.2) is 79.9 Å². The predicted molar refractivity (Wildman–Crippen MR) is 112 cm³/mol. The third-order valence-corrected chi connectivity index (χ3v) is 5.58. The van der Waals surface area contributed by atoms with Gasteiger partial charge >= 0.3 is 0 Å². The zero-order valence-electron chi connectivity index (χ0n) is 19.4. The molecule has 0 rings (SSSR count). The molecule has 0 aromatic carbocycles. The van der Waals surface area contributed by atoms with Crippen LogP contribution in [0.25, 0.3) is 0 Å². The highest BCUT2D eigenvalue weighted by atomic mass is 16.5. The van der Waals surface area contributed by atoms with Crippen molar-refractivity contribution < 1.29 is 19.1 Å². The number of methoxy groups -OCH3 is 1. The van der Waals surface area contributed by atoms with Gasteiger partial charge in [-0.25, -0.2) is 0 Å². The molecule has 0 aromatic rings. The van der Waals surface area contributed by atoms with E-state index in [0.29, 0.717) is 0 Å². The second-order valence-electron chi connectivity index (χ2n) is 8.38. The lowest BCUT2D eigenvalue weighted by Gasteiger charge is -2.40. The molecule has 0 aliphatic heterocycles. The second kappa shape index (κ2) is 12.2. The van der Waals surface area contributed by atoms with E-state index >= 15 is 0 Å². The van der Waals surface area contributed by atoms with Crippen molar-refractivity contribution in [1.29, 1.82) is 0 Å². The van der Waals surface area contributed by atoms with Crippen molar-refractivity contribution in [3.8, 4) is 0 Å². The minimum absolute atomic E-state index is 0.0227. The van der Waals surface area contributed by atoms with Gasteiger partial charge in [0.2, 0.25) is 11.8 Å². The van der Waals surface area contributed by atoms with E-state index < -0.39 is 6.04 Å². The molecule has 1 N–H and O–H groups in total. The molecule has 0 saturated heterocycles. The Hall–Kier alpha value is -1.47. The Kier molecular flexibility index (Phi) is 11.5. The summed E-state index contributed by atoms with van der Waals surface area (Å²) in [5.41, 5.74) is 0. The first-order valence-electron chi connectivity index (χ1n) is 10.1. The van der Waals surface area contributed by atoms with E-state index in [1.54, 1.807) is 30.9 Å². The van der Waals surface area contributed by atoms with Gasteiger partial charge in [-0.05, 0) is 39.8 Å². The Labute approximate surface area is 171 Å². The topological polar surface area (TPSA) is 79.0 Å². The minimum atomic E-state index is -0.638. The maximum atomic E-state index is 13.3. The quantitative estimate of drug-likeness (QED) is 0.543.